The lowest BCUT2D eigenvalue weighted by atomic mass is 9.84. The van der Waals surface area contributed by atoms with Crippen LogP contribution in [-0.2, 0) is 11.8 Å². The zero-order valence-electron chi connectivity index (χ0n) is 12.3. The van der Waals surface area contributed by atoms with Crippen molar-refractivity contribution in [1.82, 2.24) is 5.32 Å². The molecule has 0 aliphatic carbocycles. The molecule has 0 bridgehead atoms. The molecule has 1 fully saturated rings. The van der Waals surface area contributed by atoms with Gasteiger partial charge < -0.3 is 5.32 Å². The van der Waals surface area contributed by atoms with E-state index in [0.29, 0.717) is 0 Å². The summed E-state index contributed by atoms with van der Waals surface area (Å²) in [5.41, 5.74) is 4.73. The zero-order chi connectivity index (χ0) is 13.2. The molecule has 1 aromatic rings. The van der Waals surface area contributed by atoms with Gasteiger partial charge in [-0.15, -0.1) is 0 Å². The van der Waals surface area contributed by atoms with Crippen LogP contribution in [0.5, 0.6) is 0 Å². The summed E-state index contributed by atoms with van der Waals surface area (Å²) in [6, 6.07) is 7.01. The van der Waals surface area contributed by atoms with Gasteiger partial charge in [0.25, 0.3) is 0 Å². The van der Waals surface area contributed by atoms with Crippen molar-refractivity contribution < 1.29 is 0 Å². The van der Waals surface area contributed by atoms with Crippen LogP contribution in [0, 0.1) is 12.8 Å². The number of aryl methyl sites for hydroxylation is 2. The fraction of sp³-hybridized carbons (Fsp3) is 0.647. The van der Waals surface area contributed by atoms with Crippen LogP contribution >= 0.6 is 0 Å². The maximum absolute atomic E-state index is 3.46. The van der Waals surface area contributed by atoms with Gasteiger partial charge in [0.15, 0.2) is 0 Å². The van der Waals surface area contributed by atoms with Crippen LogP contribution in [0.3, 0.4) is 0 Å². The molecule has 1 heteroatoms. The molecule has 1 nitrogen and oxygen atoms in total. The number of nitrogens with one attached hydrogen (secondary N) is 1. The Kier molecular flexibility index (Phi) is 4.11. The predicted molar refractivity (Wildman–Crippen MR) is 79.2 cm³/mol. The third-order valence-corrected chi connectivity index (χ3v) is 4.20. The van der Waals surface area contributed by atoms with Crippen LogP contribution in [0.25, 0.3) is 0 Å². The van der Waals surface area contributed by atoms with Gasteiger partial charge in [-0.25, -0.2) is 0 Å². The predicted octanol–water partition coefficient (Wildman–Crippen LogP) is 3.83. The van der Waals surface area contributed by atoms with Gasteiger partial charge in [0.1, 0.15) is 0 Å². The monoisotopic (exact) mass is 245 g/mol. The van der Waals surface area contributed by atoms with Gasteiger partial charge >= 0.3 is 0 Å². The van der Waals surface area contributed by atoms with Gasteiger partial charge in [-0.05, 0) is 67.3 Å². The van der Waals surface area contributed by atoms with E-state index in [2.05, 4.69) is 51.2 Å². The molecular formula is C17H27N. The van der Waals surface area contributed by atoms with Crippen molar-refractivity contribution in [3.63, 3.8) is 0 Å². The van der Waals surface area contributed by atoms with E-state index >= 15 is 0 Å². The quantitative estimate of drug-likeness (QED) is 0.853. The lowest BCUT2D eigenvalue weighted by Gasteiger charge is -2.21. The summed E-state index contributed by atoms with van der Waals surface area (Å²) in [7, 11) is 0. The van der Waals surface area contributed by atoms with Crippen molar-refractivity contribution in [1.29, 1.82) is 0 Å². The largest absolute Gasteiger partial charge is 0.316 e. The Bertz CT molecular complexity index is 395. The number of hydrogen-bond acceptors (Lipinski definition) is 1. The van der Waals surface area contributed by atoms with E-state index in [0.717, 1.165) is 5.92 Å². The zero-order valence-corrected chi connectivity index (χ0v) is 12.3. The van der Waals surface area contributed by atoms with Crippen LogP contribution in [0.15, 0.2) is 18.2 Å². The molecule has 2 rings (SSSR count). The molecular weight excluding hydrogens is 218 g/mol. The second kappa shape index (κ2) is 5.44. The second-order valence-corrected chi connectivity index (χ2v) is 6.79. The summed E-state index contributed by atoms with van der Waals surface area (Å²) < 4.78 is 0. The first-order valence-electron chi connectivity index (χ1n) is 7.27. The van der Waals surface area contributed by atoms with Crippen LogP contribution in [0.2, 0.25) is 0 Å². The fourth-order valence-corrected chi connectivity index (χ4v) is 2.73. The Morgan fingerprint density at radius 2 is 2.06 bits per heavy atom. The van der Waals surface area contributed by atoms with Crippen molar-refractivity contribution in [2.75, 3.05) is 13.1 Å². The highest BCUT2D eigenvalue weighted by Gasteiger charge is 2.17. The van der Waals surface area contributed by atoms with Crippen LogP contribution in [0.1, 0.15) is 50.3 Å². The van der Waals surface area contributed by atoms with Gasteiger partial charge in [-0.2, -0.15) is 0 Å². The smallest absolute Gasteiger partial charge is 0.00199 e. The first-order chi connectivity index (χ1) is 8.47. The molecule has 100 valence electrons. The molecule has 1 saturated heterocycles. The highest BCUT2D eigenvalue weighted by molar-refractivity contribution is 5.34. The van der Waals surface area contributed by atoms with E-state index in [9.17, 15) is 0 Å². The average molecular weight is 245 g/mol. The van der Waals surface area contributed by atoms with Gasteiger partial charge in [-0.3, -0.25) is 0 Å². The molecule has 0 amide bonds. The van der Waals surface area contributed by atoms with E-state index < -0.39 is 0 Å². The van der Waals surface area contributed by atoms with Crippen LogP contribution in [0.4, 0.5) is 0 Å². The van der Waals surface area contributed by atoms with E-state index in [4.69, 9.17) is 0 Å². The van der Waals surface area contributed by atoms with Gasteiger partial charge in [-0.1, -0.05) is 39.0 Å². The highest BCUT2D eigenvalue weighted by Crippen LogP contribution is 2.26. The minimum Gasteiger partial charge on any atom is -0.316 e. The fourth-order valence-electron chi connectivity index (χ4n) is 2.73. The Labute approximate surface area is 112 Å². The van der Waals surface area contributed by atoms with Crippen LogP contribution < -0.4 is 5.32 Å². The van der Waals surface area contributed by atoms with E-state index in [1.54, 1.807) is 5.56 Å². The van der Waals surface area contributed by atoms with E-state index in [1.807, 2.05) is 0 Å². The number of hydrogen-bond donors (Lipinski definition) is 1. The van der Waals surface area contributed by atoms with E-state index in [1.165, 1.54) is 43.5 Å². The molecule has 1 aromatic carbocycles. The molecule has 1 N–H and O–H groups in total. The topological polar surface area (TPSA) is 12.0 Å². The minimum atomic E-state index is 0.261. The molecule has 0 aromatic heterocycles. The van der Waals surface area contributed by atoms with Crippen molar-refractivity contribution >= 4 is 0 Å². The average Bonchev–Trinajstić information content (AvgIpc) is 2.79. The molecule has 1 atom stereocenters. The number of benzene rings is 1. The molecule has 0 saturated carbocycles. The maximum Gasteiger partial charge on any atom is -0.00199 e. The molecule has 0 radical (unpaired) electrons. The summed E-state index contributed by atoms with van der Waals surface area (Å²) in [6.45, 7) is 11.6. The highest BCUT2D eigenvalue weighted by atomic mass is 14.9. The van der Waals surface area contributed by atoms with E-state index in [-0.39, 0.29) is 5.41 Å². The Balaban J connectivity index is 2.06. The summed E-state index contributed by atoms with van der Waals surface area (Å²) in [5.74, 6) is 0.891. The minimum absolute atomic E-state index is 0.261. The summed E-state index contributed by atoms with van der Waals surface area (Å²) in [5, 5.41) is 3.46. The second-order valence-electron chi connectivity index (χ2n) is 6.79. The van der Waals surface area contributed by atoms with Crippen molar-refractivity contribution in [3.05, 3.63) is 34.9 Å². The van der Waals surface area contributed by atoms with Crippen molar-refractivity contribution in [3.8, 4) is 0 Å². The summed E-state index contributed by atoms with van der Waals surface area (Å²) in [4.78, 5) is 0. The lowest BCUT2D eigenvalue weighted by molar-refractivity contribution is 0.531. The first-order valence-corrected chi connectivity index (χ1v) is 7.27. The van der Waals surface area contributed by atoms with Crippen molar-refractivity contribution in [2.24, 2.45) is 5.92 Å². The maximum atomic E-state index is 3.46. The third-order valence-electron chi connectivity index (χ3n) is 4.20. The van der Waals surface area contributed by atoms with Gasteiger partial charge in [0, 0.05) is 0 Å². The van der Waals surface area contributed by atoms with Crippen LogP contribution in [-0.4, -0.2) is 13.1 Å². The SMILES string of the molecule is Cc1ccc(C(C)(C)C)cc1CCC1CCNC1. The van der Waals surface area contributed by atoms with Gasteiger partial charge in [0.05, 0.1) is 0 Å². The third kappa shape index (κ3) is 3.35. The molecule has 1 aliphatic heterocycles. The van der Waals surface area contributed by atoms with Crippen molar-refractivity contribution in [2.45, 2.75) is 52.4 Å². The Morgan fingerprint density at radius 3 is 2.67 bits per heavy atom. The lowest BCUT2D eigenvalue weighted by Crippen LogP contribution is -2.12. The summed E-state index contributed by atoms with van der Waals surface area (Å²) >= 11 is 0. The summed E-state index contributed by atoms with van der Waals surface area (Å²) in [6.07, 6.45) is 3.93. The van der Waals surface area contributed by atoms with Gasteiger partial charge in [0.2, 0.25) is 0 Å². The normalized spacial score (nSPS) is 20.3. The molecule has 1 aliphatic rings. The molecule has 1 unspecified atom stereocenters. The molecule has 18 heavy (non-hydrogen) atoms. The Morgan fingerprint density at radius 1 is 1.28 bits per heavy atom. The Hall–Kier alpha value is -0.820. The molecule has 1 heterocycles. The standard InChI is InChI=1S/C17H27N/c1-13-5-8-16(17(2,3)4)11-15(13)7-6-14-9-10-18-12-14/h5,8,11,14,18H,6-7,9-10,12H2,1-4H3. The molecule has 0 spiro atoms. The number of rotatable bonds is 3. The first kappa shape index (κ1) is 13.6.